The van der Waals surface area contributed by atoms with Crippen LogP contribution in [0, 0.1) is 0 Å². The van der Waals surface area contributed by atoms with Gasteiger partial charge in [0.1, 0.15) is 0 Å². The molecular formula is C22H29BN2O4S. The summed E-state index contributed by atoms with van der Waals surface area (Å²) in [5.74, 6) is 0. The van der Waals surface area contributed by atoms with Crippen molar-refractivity contribution in [2.24, 2.45) is 0 Å². The van der Waals surface area contributed by atoms with Crippen LogP contribution in [0.15, 0.2) is 52.3 Å². The van der Waals surface area contributed by atoms with Gasteiger partial charge in [0.05, 0.1) is 23.0 Å². The number of piperazine rings is 1. The molecule has 1 saturated heterocycles. The number of fused-ring (bicyclic) bond motifs is 1. The lowest BCUT2D eigenvalue weighted by molar-refractivity contribution is 0.0839. The largest absolute Gasteiger partial charge is 0.427 e. The van der Waals surface area contributed by atoms with Gasteiger partial charge in [0, 0.05) is 38.8 Å². The van der Waals surface area contributed by atoms with Crippen LogP contribution in [0.2, 0.25) is 0 Å². The molecule has 2 heterocycles. The first-order valence-electron chi connectivity index (χ1n) is 10.4. The second-order valence-corrected chi connectivity index (χ2v) is 10.2. The van der Waals surface area contributed by atoms with Gasteiger partial charge in [-0.25, -0.2) is 8.42 Å². The molecule has 8 heteroatoms. The van der Waals surface area contributed by atoms with E-state index >= 15 is 0 Å². The molecule has 0 saturated carbocycles. The Labute approximate surface area is 180 Å². The van der Waals surface area contributed by atoms with Crippen LogP contribution in [0.4, 0.5) is 0 Å². The SMILES string of the molecule is COBN1CCN([C@@H](C)c2ccc(S(=O)(=O)c3ccc4c(c3)COC4)cc2)[C@@H](C)C1. The van der Waals surface area contributed by atoms with Gasteiger partial charge >= 0.3 is 7.62 Å². The molecule has 0 aliphatic carbocycles. The Morgan fingerprint density at radius 3 is 2.47 bits per heavy atom. The van der Waals surface area contributed by atoms with E-state index in [2.05, 4.69) is 23.6 Å². The van der Waals surface area contributed by atoms with Gasteiger partial charge in [-0.3, -0.25) is 4.90 Å². The van der Waals surface area contributed by atoms with Gasteiger partial charge < -0.3 is 14.2 Å². The fraction of sp³-hybridized carbons (Fsp3) is 0.455. The highest BCUT2D eigenvalue weighted by Crippen LogP contribution is 2.29. The van der Waals surface area contributed by atoms with Crippen molar-refractivity contribution in [1.29, 1.82) is 0 Å². The van der Waals surface area contributed by atoms with Crippen molar-refractivity contribution >= 4 is 17.5 Å². The fourth-order valence-corrected chi connectivity index (χ4v) is 5.80. The third-order valence-electron chi connectivity index (χ3n) is 6.25. The number of hydrogen-bond donors (Lipinski definition) is 0. The molecular weight excluding hydrogens is 399 g/mol. The van der Waals surface area contributed by atoms with Gasteiger partial charge in [-0.1, -0.05) is 18.2 Å². The van der Waals surface area contributed by atoms with Gasteiger partial charge in [-0.05, 0) is 54.8 Å². The highest BCUT2D eigenvalue weighted by molar-refractivity contribution is 7.91. The minimum Gasteiger partial charge on any atom is -0.427 e. The number of rotatable bonds is 6. The maximum absolute atomic E-state index is 13.1. The molecule has 0 aromatic heterocycles. The lowest BCUT2D eigenvalue weighted by Crippen LogP contribution is -2.53. The van der Waals surface area contributed by atoms with Crippen LogP contribution in [0.5, 0.6) is 0 Å². The van der Waals surface area contributed by atoms with E-state index in [4.69, 9.17) is 9.39 Å². The molecule has 0 radical (unpaired) electrons. The second kappa shape index (κ2) is 8.81. The van der Waals surface area contributed by atoms with Crippen molar-refractivity contribution in [3.8, 4) is 0 Å². The normalized spacial score (nSPS) is 21.4. The van der Waals surface area contributed by atoms with Crippen LogP contribution < -0.4 is 0 Å². The fourth-order valence-electron chi connectivity index (χ4n) is 4.49. The second-order valence-electron chi connectivity index (χ2n) is 8.25. The van der Waals surface area contributed by atoms with Crippen LogP contribution in [-0.4, -0.2) is 58.5 Å². The highest BCUT2D eigenvalue weighted by Gasteiger charge is 2.28. The van der Waals surface area contributed by atoms with Crippen molar-refractivity contribution in [2.45, 2.75) is 48.9 Å². The molecule has 0 amide bonds. The van der Waals surface area contributed by atoms with Crippen LogP contribution in [0.3, 0.4) is 0 Å². The van der Waals surface area contributed by atoms with E-state index in [9.17, 15) is 8.42 Å². The monoisotopic (exact) mass is 428 g/mol. The maximum Gasteiger partial charge on any atom is 0.363 e. The summed E-state index contributed by atoms with van der Waals surface area (Å²) in [5.41, 5.74) is 3.16. The Morgan fingerprint density at radius 1 is 1.07 bits per heavy atom. The first-order valence-corrected chi connectivity index (χ1v) is 11.9. The molecule has 2 aromatic carbocycles. The molecule has 6 nitrogen and oxygen atoms in total. The summed E-state index contributed by atoms with van der Waals surface area (Å²) in [6.45, 7) is 8.35. The van der Waals surface area contributed by atoms with E-state index in [1.165, 1.54) is 0 Å². The molecule has 2 aliphatic rings. The zero-order chi connectivity index (χ0) is 21.3. The van der Waals surface area contributed by atoms with Crippen LogP contribution >= 0.6 is 0 Å². The lowest BCUT2D eigenvalue weighted by Gasteiger charge is -2.42. The minimum atomic E-state index is -3.54. The Morgan fingerprint density at radius 2 is 1.77 bits per heavy atom. The molecule has 2 aromatic rings. The minimum absolute atomic E-state index is 0.221. The third kappa shape index (κ3) is 4.20. The van der Waals surface area contributed by atoms with Gasteiger partial charge in [-0.15, -0.1) is 0 Å². The summed E-state index contributed by atoms with van der Waals surface area (Å²) in [6.07, 6.45) is 0. The van der Waals surface area contributed by atoms with Crippen molar-refractivity contribution < 1.29 is 17.8 Å². The standard InChI is InChI=1S/C22H29BN2O4S/c1-16-13-24(23-28-3)10-11-25(16)17(2)18-4-7-21(8-5-18)30(26,27)22-9-6-19-14-29-15-20(19)12-22/h4-9,12,16-17,23H,10-11,13-15H2,1-3H3/t16-,17-/m0/s1. The Hall–Kier alpha value is -1.71. The van der Waals surface area contributed by atoms with Crippen LogP contribution in [-0.2, 0) is 32.4 Å². The van der Waals surface area contributed by atoms with Crippen molar-refractivity contribution in [3.05, 3.63) is 59.2 Å². The topological polar surface area (TPSA) is 59.1 Å². The summed E-state index contributed by atoms with van der Waals surface area (Å²) < 4.78 is 36.9. The summed E-state index contributed by atoms with van der Waals surface area (Å²) in [5, 5.41) is 0. The van der Waals surface area contributed by atoms with Crippen molar-refractivity contribution in [3.63, 3.8) is 0 Å². The van der Waals surface area contributed by atoms with Crippen molar-refractivity contribution in [2.75, 3.05) is 26.7 Å². The summed E-state index contributed by atoms with van der Waals surface area (Å²) >= 11 is 0. The number of hydrogen-bond acceptors (Lipinski definition) is 6. The molecule has 4 rings (SSSR count). The Bertz CT molecular complexity index is 997. The third-order valence-corrected chi connectivity index (χ3v) is 8.02. The van der Waals surface area contributed by atoms with E-state index in [1.54, 1.807) is 31.4 Å². The van der Waals surface area contributed by atoms with Crippen LogP contribution in [0.25, 0.3) is 0 Å². The van der Waals surface area contributed by atoms with Gasteiger partial charge in [0.25, 0.3) is 0 Å². The number of benzene rings is 2. The van der Waals surface area contributed by atoms with E-state index in [1.807, 2.05) is 18.2 Å². The van der Waals surface area contributed by atoms with Gasteiger partial charge in [-0.2, -0.15) is 0 Å². The Kier molecular flexibility index (Phi) is 6.32. The maximum atomic E-state index is 13.1. The van der Waals surface area contributed by atoms with E-state index < -0.39 is 9.84 Å². The van der Waals surface area contributed by atoms with E-state index in [0.717, 1.165) is 36.3 Å². The number of nitrogens with zero attached hydrogens (tertiary/aromatic N) is 2. The number of sulfone groups is 1. The average molecular weight is 428 g/mol. The molecule has 0 N–H and O–H groups in total. The molecule has 30 heavy (non-hydrogen) atoms. The summed E-state index contributed by atoms with van der Waals surface area (Å²) in [4.78, 5) is 5.44. The Balaban J connectivity index is 1.50. The zero-order valence-electron chi connectivity index (χ0n) is 17.9. The first-order chi connectivity index (χ1) is 14.4. The van der Waals surface area contributed by atoms with Gasteiger partial charge in [0.15, 0.2) is 0 Å². The quantitative estimate of drug-likeness (QED) is 0.660. The predicted octanol–water partition coefficient (Wildman–Crippen LogP) is 2.53. The molecule has 2 aliphatic heterocycles. The molecule has 0 bridgehead atoms. The molecule has 1 fully saturated rings. The average Bonchev–Trinajstić information content (AvgIpc) is 3.22. The molecule has 0 spiro atoms. The lowest BCUT2D eigenvalue weighted by atomic mass is 10.0. The predicted molar refractivity (Wildman–Crippen MR) is 117 cm³/mol. The van der Waals surface area contributed by atoms with Crippen molar-refractivity contribution in [1.82, 2.24) is 9.71 Å². The summed E-state index contributed by atoms with van der Waals surface area (Å²) in [7, 11) is -1.15. The first kappa shape index (κ1) is 21.5. The van der Waals surface area contributed by atoms with E-state index in [0.29, 0.717) is 36.7 Å². The zero-order valence-corrected chi connectivity index (χ0v) is 18.7. The van der Waals surface area contributed by atoms with E-state index in [-0.39, 0.29) is 6.04 Å². The van der Waals surface area contributed by atoms with Gasteiger partial charge in [0.2, 0.25) is 9.84 Å². The molecule has 160 valence electrons. The summed E-state index contributed by atoms with van der Waals surface area (Å²) in [6, 6.07) is 13.3. The smallest absolute Gasteiger partial charge is 0.363 e. The molecule has 2 atom stereocenters. The van der Waals surface area contributed by atoms with Crippen LogP contribution in [0.1, 0.15) is 36.6 Å². The number of ether oxygens (including phenoxy) is 1. The molecule has 0 unspecified atom stereocenters. The highest BCUT2D eigenvalue weighted by atomic mass is 32.2.